The number of fused-ring (bicyclic) bond motifs is 2. The van der Waals surface area contributed by atoms with Crippen LogP contribution < -0.4 is 0 Å². The first kappa shape index (κ1) is 60.5. The highest BCUT2D eigenvalue weighted by atomic mass is 28.4. The molecule has 3 fully saturated rings. The Morgan fingerprint density at radius 1 is 0.553 bits per heavy atom. The fourth-order valence-electron chi connectivity index (χ4n) is 14.2. The number of carbonyl (C=O) groups excluding carboxylic acids is 1. The number of aliphatic hydroxyl groups is 1. The molecule has 4 aromatic rings. The molecule has 0 radical (unpaired) electrons. The highest BCUT2D eigenvalue weighted by Crippen LogP contribution is 2.52. The van der Waals surface area contributed by atoms with Crippen LogP contribution in [0.15, 0.2) is 103 Å². The summed E-state index contributed by atoms with van der Waals surface area (Å²) in [7, 11) is -4.94. The Bertz CT molecular complexity index is 2440. The zero-order valence-electron chi connectivity index (χ0n) is 49.2. The molecule has 10 atom stereocenters. The largest absolute Gasteiger partial charge is 0.413 e. The van der Waals surface area contributed by atoms with E-state index in [-0.39, 0.29) is 25.2 Å². The van der Waals surface area contributed by atoms with E-state index in [2.05, 4.69) is 171 Å². The first-order valence-electron chi connectivity index (χ1n) is 28.8. The maximum absolute atomic E-state index is 15.0. The zero-order valence-corrected chi connectivity index (χ0v) is 51.2. The lowest BCUT2D eigenvalue weighted by molar-refractivity contribution is -0.313. The van der Waals surface area contributed by atoms with E-state index in [9.17, 15) is 5.11 Å². The molecule has 3 aliphatic rings. The molecule has 7 rings (SSSR count). The predicted molar refractivity (Wildman–Crippen MR) is 310 cm³/mol. The molecule has 3 saturated heterocycles. The van der Waals surface area contributed by atoms with Gasteiger partial charge in [0.25, 0.3) is 0 Å². The Labute approximate surface area is 459 Å². The van der Waals surface area contributed by atoms with Gasteiger partial charge in [0.05, 0.1) is 69.2 Å². The lowest BCUT2D eigenvalue weighted by Gasteiger charge is -2.58. The number of Topliss-reactive ketones (excluding diaryl/α,β-unsaturated/α-hetero) is 1. The van der Waals surface area contributed by atoms with Gasteiger partial charge in [0.2, 0.25) is 8.32 Å². The monoisotopic (exact) mass is 1080 g/mol. The van der Waals surface area contributed by atoms with Crippen LogP contribution in [-0.2, 0) is 61.9 Å². The van der Waals surface area contributed by atoms with Crippen molar-refractivity contribution >= 4 is 33.2 Å². The standard InChI is InChI=1S/C64H96O10Si2/c1-43(2)75(44(3)4,45(5)6)70-42-63(15)59(72-76(46(7)8,47(9)10)48(11)12)36-60-64(16,74-63)56(66)34-54(65)55(71-60)37-61(13)57(69-40-51-31-32-52-29-23-24-30-53(52)33-51)35-58(68-39-50-27-21-18-22-28-50)62(14,73-61)41-67-38-49-25-19-17-20-26-49/h17-33,43-48,55-60,66H,34-42H2,1-16H3/t55?,56?,57?,58?,59?,60?,61?,62?,63-,64+/m1/s1. The number of ether oxygens (including phenoxy) is 6. The molecule has 1 N–H and O–H groups in total. The van der Waals surface area contributed by atoms with E-state index in [0.29, 0.717) is 72.5 Å². The summed E-state index contributed by atoms with van der Waals surface area (Å²) < 4.78 is 58.2. The van der Waals surface area contributed by atoms with E-state index in [0.717, 1.165) is 27.5 Å². The van der Waals surface area contributed by atoms with Crippen molar-refractivity contribution < 1.29 is 47.2 Å². The number of aliphatic hydroxyl groups excluding tert-OH is 1. The SMILES string of the molecule is CC(C)[Si](OC[C@@]1(C)O[C@@]2(C)C(O)CC(=O)C(CC3(C)OC(C)(COCc4ccccc4)C(OCc4ccccc4)CC3OCc3ccc4ccccc4c3)OC2CC1O[Si](C(C)C)(C(C)C)C(C)C)(C(C)C)C(C)C. The van der Waals surface area contributed by atoms with Crippen LogP contribution in [0, 0.1) is 0 Å². The summed E-state index contributed by atoms with van der Waals surface area (Å²) in [5, 5.41) is 14.8. The van der Waals surface area contributed by atoms with E-state index in [4.69, 9.17) is 37.3 Å². The summed E-state index contributed by atoms with van der Waals surface area (Å²) in [6.07, 6.45) is -3.38. The van der Waals surface area contributed by atoms with Crippen molar-refractivity contribution in [2.75, 3.05) is 13.2 Å². The molecule has 3 heterocycles. The predicted octanol–water partition coefficient (Wildman–Crippen LogP) is 14.6. The summed E-state index contributed by atoms with van der Waals surface area (Å²) in [4.78, 5) is 15.0. The number of carbonyl (C=O) groups is 1. The molecule has 0 bridgehead atoms. The first-order valence-corrected chi connectivity index (χ1v) is 33.0. The molecular formula is C64H96O10Si2. The summed E-state index contributed by atoms with van der Waals surface area (Å²) >= 11 is 0. The third-order valence-electron chi connectivity index (χ3n) is 18.2. The van der Waals surface area contributed by atoms with Crippen molar-refractivity contribution in [3.8, 4) is 0 Å². The van der Waals surface area contributed by atoms with Gasteiger partial charge in [0.15, 0.2) is 14.1 Å². The normalized spacial score (nSPS) is 29.8. The number of rotatable bonds is 23. The topological polar surface area (TPSA) is 111 Å². The summed E-state index contributed by atoms with van der Waals surface area (Å²) in [5.74, 6) is -0.203. The molecule has 76 heavy (non-hydrogen) atoms. The van der Waals surface area contributed by atoms with Gasteiger partial charge in [-0.1, -0.05) is 180 Å². The molecule has 8 unspecified atom stereocenters. The molecule has 0 amide bonds. The Kier molecular flexibility index (Phi) is 19.7. The minimum Gasteiger partial charge on any atom is -0.413 e. The van der Waals surface area contributed by atoms with Gasteiger partial charge in [0.1, 0.15) is 22.9 Å². The Balaban J connectivity index is 1.26. The molecule has 0 saturated carbocycles. The van der Waals surface area contributed by atoms with Crippen LogP contribution in [0.25, 0.3) is 10.8 Å². The van der Waals surface area contributed by atoms with Gasteiger partial charge in [-0.05, 0) is 94.5 Å². The second kappa shape index (κ2) is 24.7. The average molecular weight is 1080 g/mol. The fourth-order valence-corrected chi connectivity index (χ4v) is 25.4. The highest BCUT2D eigenvalue weighted by molar-refractivity contribution is 6.78. The van der Waals surface area contributed by atoms with Gasteiger partial charge in [-0.15, -0.1) is 0 Å². The van der Waals surface area contributed by atoms with E-state index < -0.39 is 75.7 Å². The molecule has 420 valence electrons. The Morgan fingerprint density at radius 2 is 1.05 bits per heavy atom. The van der Waals surface area contributed by atoms with Gasteiger partial charge >= 0.3 is 0 Å². The van der Waals surface area contributed by atoms with Gasteiger partial charge in [0, 0.05) is 25.7 Å². The molecule has 12 heteroatoms. The van der Waals surface area contributed by atoms with Crippen molar-refractivity contribution in [2.24, 2.45) is 0 Å². The van der Waals surface area contributed by atoms with Crippen LogP contribution in [0.3, 0.4) is 0 Å². The van der Waals surface area contributed by atoms with Crippen molar-refractivity contribution in [2.45, 2.75) is 249 Å². The smallest absolute Gasteiger partial charge is 0.200 e. The maximum atomic E-state index is 15.0. The second-order valence-corrected chi connectivity index (χ2v) is 36.4. The quantitative estimate of drug-likeness (QED) is 0.0721. The second-order valence-electron chi connectivity index (χ2n) is 25.6. The van der Waals surface area contributed by atoms with Crippen molar-refractivity contribution in [3.63, 3.8) is 0 Å². The number of hydrogen-bond donors (Lipinski definition) is 1. The number of benzene rings is 4. The van der Waals surface area contributed by atoms with Gasteiger partial charge in [-0.2, -0.15) is 0 Å². The molecule has 0 spiro atoms. The van der Waals surface area contributed by atoms with Crippen molar-refractivity contribution in [1.29, 1.82) is 0 Å². The van der Waals surface area contributed by atoms with Crippen molar-refractivity contribution in [3.05, 3.63) is 120 Å². The minimum absolute atomic E-state index is 0.148. The molecule has 0 aliphatic carbocycles. The zero-order chi connectivity index (χ0) is 55.4. The van der Waals surface area contributed by atoms with Crippen LogP contribution >= 0.6 is 0 Å². The first-order chi connectivity index (χ1) is 35.8. The van der Waals surface area contributed by atoms with E-state index in [1.54, 1.807) is 0 Å². The molecular weight excluding hydrogens is 985 g/mol. The average Bonchev–Trinajstić information content (AvgIpc) is 3.44. The van der Waals surface area contributed by atoms with E-state index >= 15 is 4.79 Å². The highest BCUT2D eigenvalue weighted by Gasteiger charge is 2.63. The molecule has 3 aliphatic heterocycles. The number of hydrogen-bond acceptors (Lipinski definition) is 10. The van der Waals surface area contributed by atoms with E-state index in [1.807, 2.05) is 43.3 Å². The molecule has 0 aromatic heterocycles. The lowest BCUT2D eigenvalue weighted by Crippen LogP contribution is -2.69. The van der Waals surface area contributed by atoms with Gasteiger partial charge in [-0.25, -0.2) is 0 Å². The molecule has 4 aromatic carbocycles. The van der Waals surface area contributed by atoms with Crippen LogP contribution in [-0.4, -0.2) is 99.8 Å². The maximum Gasteiger partial charge on any atom is 0.200 e. The summed E-state index contributed by atoms with van der Waals surface area (Å²) in [6.45, 7) is 37.5. The van der Waals surface area contributed by atoms with E-state index in [1.165, 1.54) is 0 Å². The van der Waals surface area contributed by atoms with Crippen molar-refractivity contribution in [1.82, 2.24) is 0 Å². The minimum atomic E-state index is -2.55. The van der Waals surface area contributed by atoms with Gasteiger partial charge < -0.3 is 42.4 Å². The van der Waals surface area contributed by atoms with Crippen LogP contribution in [0.5, 0.6) is 0 Å². The Hall–Kier alpha value is -3.12. The Morgan fingerprint density at radius 3 is 1.62 bits per heavy atom. The van der Waals surface area contributed by atoms with Crippen LogP contribution in [0.1, 0.15) is 153 Å². The lowest BCUT2D eigenvalue weighted by atomic mass is 9.78. The molecule has 10 nitrogen and oxygen atoms in total. The third kappa shape index (κ3) is 12.7. The third-order valence-corrected chi connectivity index (χ3v) is 30.4. The summed E-state index contributed by atoms with van der Waals surface area (Å²) in [5.41, 5.74) is 0.798. The van der Waals surface area contributed by atoms with Crippen LogP contribution in [0.2, 0.25) is 33.2 Å². The van der Waals surface area contributed by atoms with Crippen LogP contribution in [0.4, 0.5) is 0 Å². The summed E-state index contributed by atoms with van der Waals surface area (Å²) in [6, 6.07) is 35.1. The van der Waals surface area contributed by atoms with Gasteiger partial charge in [-0.3, -0.25) is 4.79 Å². The fraction of sp³-hybridized carbons (Fsp3) is 0.641. The number of ketones is 1.